The maximum atomic E-state index is 12.5. The Labute approximate surface area is 332 Å². The van der Waals surface area contributed by atoms with Crippen molar-refractivity contribution in [1.29, 1.82) is 0 Å². The predicted octanol–water partition coefficient (Wildman–Crippen LogP) is 13.0. The van der Waals surface area contributed by atoms with Gasteiger partial charge in [0.2, 0.25) is 5.91 Å². The molecule has 0 bridgehead atoms. The maximum Gasteiger partial charge on any atom is 0.267 e. The summed E-state index contributed by atoms with van der Waals surface area (Å²) in [7, 11) is -4.37. The van der Waals surface area contributed by atoms with E-state index >= 15 is 0 Å². The van der Waals surface area contributed by atoms with E-state index in [9.17, 15) is 22.9 Å². The second kappa shape index (κ2) is 39.9. The maximum absolute atomic E-state index is 12.5. The second-order valence-electron chi connectivity index (χ2n) is 14.2. The normalized spacial score (nSPS) is 14.2. The lowest BCUT2D eigenvalue weighted by molar-refractivity contribution is -0.122. The van der Waals surface area contributed by atoms with Gasteiger partial charge in [0.15, 0.2) is 0 Å². The zero-order valence-electron chi connectivity index (χ0n) is 34.3. The number of amides is 1. The Morgan fingerprint density at radius 2 is 0.907 bits per heavy atom. The SMILES string of the molecule is CC/C=C\C/C=C\C/C=C\C/C=C\C/C=C\CCCCCCCCCC(=O)NC(CS(=O)(=O)O)C(O)/C=C/CC/C=C/CC/C=C/CCCCCCCC. The summed E-state index contributed by atoms with van der Waals surface area (Å²) in [5, 5.41) is 13.2. The molecule has 0 aromatic heterocycles. The minimum Gasteiger partial charge on any atom is -0.387 e. The van der Waals surface area contributed by atoms with Crippen LogP contribution in [0.3, 0.4) is 0 Å². The number of hydrogen-bond acceptors (Lipinski definition) is 4. The summed E-state index contributed by atoms with van der Waals surface area (Å²) >= 11 is 0. The highest BCUT2D eigenvalue weighted by Gasteiger charge is 2.24. The topological polar surface area (TPSA) is 104 Å². The Kier molecular flexibility index (Phi) is 37.9. The Morgan fingerprint density at radius 1 is 0.519 bits per heavy atom. The lowest BCUT2D eigenvalue weighted by atomic mass is 10.1. The number of unbranched alkanes of at least 4 members (excludes halogenated alkanes) is 15. The highest BCUT2D eigenvalue weighted by molar-refractivity contribution is 7.85. The number of carbonyl (C=O) groups excluding carboxylic acids is 1. The summed E-state index contributed by atoms with van der Waals surface area (Å²) < 4.78 is 32.5. The number of carbonyl (C=O) groups is 1. The standard InChI is InChI=1S/C47H79NO5S/c1-3-5-7-9-11-13-15-17-19-21-22-23-24-25-26-27-29-31-33-35-37-39-41-43-47(50)48-45(44-54(51,52)53)46(49)42-40-38-36-34-32-30-28-20-18-16-14-12-10-8-6-4-2/h5,7,11,13,17-20,22-23,25-26,32,34,40,42,45-46,49H,3-4,6,8-10,12,14-16,21,24,27-31,33,35-39,41,43-44H2,1-2H3,(H,48,50)(H,51,52,53)/b7-5-,13-11-,19-17-,20-18+,23-22-,26-25-,34-32+,42-40+. The van der Waals surface area contributed by atoms with Crippen LogP contribution in [0.15, 0.2) is 97.2 Å². The van der Waals surface area contributed by atoms with Crippen LogP contribution in [0.2, 0.25) is 0 Å². The van der Waals surface area contributed by atoms with Crippen molar-refractivity contribution >= 4 is 16.0 Å². The summed E-state index contributed by atoms with van der Waals surface area (Å²) in [6.45, 7) is 4.40. The first kappa shape index (κ1) is 51.3. The molecule has 0 radical (unpaired) electrons. The van der Waals surface area contributed by atoms with E-state index < -0.39 is 28.0 Å². The average Bonchev–Trinajstić information content (AvgIpc) is 3.14. The lowest BCUT2D eigenvalue weighted by Crippen LogP contribution is -2.46. The van der Waals surface area contributed by atoms with Crippen molar-refractivity contribution in [2.45, 2.75) is 187 Å². The molecule has 0 saturated heterocycles. The number of nitrogens with one attached hydrogen (secondary N) is 1. The number of rotatable bonds is 37. The molecule has 0 saturated carbocycles. The van der Waals surface area contributed by atoms with Crippen LogP contribution in [0.1, 0.15) is 174 Å². The van der Waals surface area contributed by atoms with Gasteiger partial charge in [0, 0.05) is 6.42 Å². The molecule has 0 rings (SSSR count). The van der Waals surface area contributed by atoms with Gasteiger partial charge in [-0.3, -0.25) is 9.35 Å². The Balaban J connectivity index is 4.01. The van der Waals surface area contributed by atoms with Gasteiger partial charge >= 0.3 is 0 Å². The van der Waals surface area contributed by atoms with Crippen molar-refractivity contribution in [3.63, 3.8) is 0 Å². The van der Waals surface area contributed by atoms with Crippen LogP contribution in [0.5, 0.6) is 0 Å². The van der Waals surface area contributed by atoms with E-state index in [0.717, 1.165) is 83.5 Å². The monoisotopic (exact) mass is 770 g/mol. The molecule has 0 aromatic carbocycles. The highest BCUT2D eigenvalue weighted by Crippen LogP contribution is 2.12. The first-order valence-corrected chi connectivity index (χ1v) is 23.0. The van der Waals surface area contributed by atoms with Gasteiger partial charge in [0.25, 0.3) is 10.1 Å². The zero-order valence-corrected chi connectivity index (χ0v) is 35.1. The van der Waals surface area contributed by atoms with Crippen molar-refractivity contribution in [3.8, 4) is 0 Å². The summed E-state index contributed by atoms with van der Waals surface area (Å²) in [6.07, 6.45) is 59.6. The fraction of sp³-hybridized carbons (Fsp3) is 0.638. The van der Waals surface area contributed by atoms with E-state index in [-0.39, 0.29) is 12.3 Å². The molecule has 6 nitrogen and oxygen atoms in total. The van der Waals surface area contributed by atoms with E-state index in [2.05, 4.69) is 104 Å². The third-order valence-electron chi connectivity index (χ3n) is 8.97. The van der Waals surface area contributed by atoms with Crippen molar-refractivity contribution in [2.24, 2.45) is 0 Å². The smallest absolute Gasteiger partial charge is 0.267 e. The van der Waals surface area contributed by atoms with Gasteiger partial charge in [0.05, 0.1) is 17.9 Å². The first-order valence-electron chi connectivity index (χ1n) is 21.4. The molecule has 0 aliphatic rings. The quantitative estimate of drug-likeness (QED) is 0.0332. The average molecular weight is 770 g/mol. The Bertz CT molecular complexity index is 1210. The van der Waals surface area contributed by atoms with Gasteiger partial charge in [-0.15, -0.1) is 0 Å². The van der Waals surface area contributed by atoms with Crippen molar-refractivity contribution in [1.82, 2.24) is 5.32 Å². The lowest BCUT2D eigenvalue weighted by Gasteiger charge is -2.21. The highest BCUT2D eigenvalue weighted by atomic mass is 32.2. The van der Waals surface area contributed by atoms with Gasteiger partial charge in [-0.2, -0.15) is 8.42 Å². The van der Waals surface area contributed by atoms with E-state index in [1.165, 1.54) is 63.9 Å². The molecule has 3 N–H and O–H groups in total. The molecule has 0 aliphatic heterocycles. The van der Waals surface area contributed by atoms with E-state index in [4.69, 9.17) is 0 Å². The second-order valence-corrected chi connectivity index (χ2v) is 15.7. The van der Waals surface area contributed by atoms with E-state index in [1.807, 2.05) is 0 Å². The Hall–Kier alpha value is -2.74. The minimum absolute atomic E-state index is 0.265. The molecule has 54 heavy (non-hydrogen) atoms. The van der Waals surface area contributed by atoms with Crippen LogP contribution in [0.25, 0.3) is 0 Å². The van der Waals surface area contributed by atoms with Crippen molar-refractivity contribution in [3.05, 3.63) is 97.2 Å². The van der Waals surface area contributed by atoms with Gasteiger partial charge in [0.1, 0.15) is 0 Å². The molecule has 2 unspecified atom stereocenters. The third-order valence-corrected chi connectivity index (χ3v) is 9.75. The molecule has 0 heterocycles. The number of hydrogen-bond donors (Lipinski definition) is 3. The van der Waals surface area contributed by atoms with Crippen LogP contribution < -0.4 is 5.32 Å². The molecule has 308 valence electrons. The fourth-order valence-corrected chi connectivity index (χ4v) is 6.53. The number of aliphatic hydroxyl groups excluding tert-OH is 1. The van der Waals surface area contributed by atoms with Crippen molar-refractivity contribution in [2.75, 3.05) is 5.75 Å². The predicted molar refractivity (Wildman–Crippen MR) is 234 cm³/mol. The summed E-state index contributed by atoms with van der Waals surface area (Å²) in [4.78, 5) is 12.5. The zero-order chi connectivity index (χ0) is 39.6. The summed E-state index contributed by atoms with van der Waals surface area (Å²) in [5.41, 5.74) is 0. The molecular formula is C47H79NO5S. The van der Waals surface area contributed by atoms with Crippen LogP contribution in [0, 0.1) is 0 Å². The third kappa shape index (κ3) is 40.4. The molecule has 0 aromatic rings. The fourth-order valence-electron chi connectivity index (χ4n) is 5.80. The van der Waals surface area contributed by atoms with Gasteiger partial charge in [-0.05, 0) is 89.9 Å². The molecule has 1 amide bonds. The molecule has 0 aliphatic carbocycles. The van der Waals surface area contributed by atoms with E-state index in [1.54, 1.807) is 6.08 Å². The van der Waals surface area contributed by atoms with Crippen LogP contribution >= 0.6 is 0 Å². The van der Waals surface area contributed by atoms with Gasteiger partial charge in [-0.25, -0.2) is 0 Å². The van der Waals surface area contributed by atoms with Gasteiger partial charge < -0.3 is 10.4 Å². The van der Waals surface area contributed by atoms with Crippen molar-refractivity contribution < 1.29 is 22.9 Å². The molecule has 0 spiro atoms. The molecule has 0 fully saturated rings. The molecule has 2 atom stereocenters. The molecular weight excluding hydrogens is 691 g/mol. The molecule has 7 heteroatoms. The van der Waals surface area contributed by atoms with Gasteiger partial charge in [-0.1, -0.05) is 175 Å². The number of aliphatic hydroxyl groups is 1. The largest absolute Gasteiger partial charge is 0.387 e. The Morgan fingerprint density at radius 3 is 1.39 bits per heavy atom. The summed E-state index contributed by atoms with van der Waals surface area (Å²) in [6, 6.07) is -1.09. The van der Waals surface area contributed by atoms with Crippen LogP contribution in [-0.4, -0.2) is 41.9 Å². The number of allylic oxidation sites excluding steroid dienone is 15. The van der Waals surface area contributed by atoms with Crippen LogP contribution in [0.4, 0.5) is 0 Å². The van der Waals surface area contributed by atoms with E-state index in [0.29, 0.717) is 12.8 Å². The first-order chi connectivity index (χ1) is 26.3. The van der Waals surface area contributed by atoms with Crippen LogP contribution in [-0.2, 0) is 14.9 Å². The summed E-state index contributed by atoms with van der Waals surface area (Å²) in [5.74, 6) is -1.03. The minimum atomic E-state index is -4.37.